The van der Waals surface area contributed by atoms with Crippen molar-refractivity contribution in [1.82, 2.24) is 0 Å². The summed E-state index contributed by atoms with van der Waals surface area (Å²) in [4.78, 5) is 0. The molecule has 2 atom stereocenters. The molecule has 1 aliphatic carbocycles. The van der Waals surface area contributed by atoms with Gasteiger partial charge in [0.05, 0.1) is 0 Å². The fourth-order valence-electron chi connectivity index (χ4n) is 3.05. The zero-order chi connectivity index (χ0) is 17.8. The minimum Gasteiger partial charge on any atom is -0.454 e. The summed E-state index contributed by atoms with van der Waals surface area (Å²) in [5.74, 6) is 0.666. The van der Waals surface area contributed by atoms with E-state index >= 15 is 0 Å². The predicted octanol–water partition coefficient (Wildman–Crippen LogP) is 5.07. The normalized spacial score (nSPS) is 23.4. The summed E-state index contributed by atoms with van der Waals surface area (Å²) < 4.78 is 6.07. The monoisotopic (exact) mass is 356 g/mol. The van der Waals surface area contributed by atoms with Crippen LogP contribution in [-0.2, 0) is 4.74 Å². The van der Waals surface area contributed by atoms with Crippen molar-refractivity contribution in [2.75, 3.05) is 11.6 Å². The molecule has 25 heavy (non-hydrogen) atoms. The van der Waals surface area contributed by atoms with Gasteiger partial charge in [0.15, 0.2) is 11.9 Å². The Balaban J connectivity index is 1.94. The molecule has 3 N–H and O–H groups in total. The number of fused-ring (bicyclic) bond motifs is 1. The molecule has 0 aromatic heterocycles. The topological polar surface area (TPSA) is 72.0 Å². The van der Waals surface area contributed by atoms with Crippen molar-refractivity contribution >= 4 is 23.1 Å². The van der Waals surface area contributed by atoms with Gasteiger partial charge >= 0.3 is 0 Å². The lowest BCUT2D eigenvalue weighted by Crippen LogP contribution is -2.33. The minimum atomic E-state index is -0.179. The molecule has 132 valence electrons. The van der Waals surface area contributed by atoms with Crippen molar-refractivity contribution in [3.05, 3.63) is 59.0 Å². The van der Waals surface area contributed by atoms with Crippen LogP contribution in [0.3, 0.4) is 0 Å². The van der Waals surface area contributed by atoms with Crippen LogP contribution in [0.25, 0.3) is 5.70 Å². The van der Waals surface area contributed by atoms with Crippen molar-refractivity contribution in [3.8, 4) is 0 Å². The van der Waals surface area contributed by atoms with Crippen molar-refractivity contribution in [1.29, 1.82) is 0 Å². The van der Waals surface area contributed by atoms with E-state index in [2.05, 4.69) is 35.1 Å². The van der Waals surface area contributed by atoms with Gasteiger partial charge in [0, 0.05) is 17.2 Å². The molecule has 0 saturated heterocycles. The van der Waals surface area contributed by atoms with Crippen LogP contribution < -0.4 is 11.1 Å². The van der Waals surface area contributed by atoms with E-state index in [0.29, 0.717) is 22.5 Å². The zero-order valence-corrected chi connectivity index (χ0v) is 15.5. The fraction of sp³-hybridized carbons (Fsp3) is 0.368. The lowest BCUT2D eigenvalue weighted by atomic mass is 9.89. The third-order valence-corrected chi connectivity index (χ3v) is 5.12. The second-order valence-electron chi connectivity index (χ2n) is 6.32. The van der Waals surface area contributed by atoms with Crippen LogP contribution in [0.1, 0.15) is 31.7 Å². The van der Waals surface area contributed by atoms with Gasteiger partial charge in [0.1, 0.15) is 5.03 Å². The molecule has 2 aliphatic rings. The summed E-state index contributed by atoms with van der Waals surface area (Å²) in [6.45, 7) is 6.01. The number of hydrogen-bond acceptors (Lipinski definition) is 6. The molecule has 0 bridgehead atoms. The first kappa shape index (κ1) is 17.6. The van der Waals surface area contributed by atoms with Gasteiger partial charge in [-0.15, -0.1) is 22.0 Å². The molecule has 6 heteroatoms. The summed E-state index contributed by atoms with van der Waals surface area (Å²) in [6, 6.07) is 7.94. The van der Waals surface area contributed by atoms with Crippen molar-refractivity contribution in [2.24, 2.45) is 21.9 Å². The Morgan fingerprint density at radius 1 is 1.40 bits per heavy atom. The van der Waals surface area contributed by atoms with Crippen LogP contribution >= 0.6 is 11.8 Å². The molecule has 2 unspecified atom stereocenters. The number of nitrogens with one attached hydrogen (secondary N) is 1. The highest BCUT2D eigenvalue weighted by Gasteiger charge is 2.29. The molecular weight excluding hydrogens is 332 g/mol. The van der Waals surface area contributed by atoms with Crippen LogP contribution in [0.5, 0.6) is 0 Å². The van der Waals surface area contributed by atoms with Crippen LogP contribution in [-0.4, -0.2) is 12.5 Å². The second kappa shape index (κ2) is 7.78. The van der Waals surface area contributed by atoms with Crippen molar-refractivity contribution < 1.29 is 4.74 Å². The summed E-state index contributed by atoms with van der Waals surface area (Å²) >= 11 is 1.44. The number of benzene rings is 1. The van der Waals surface area contributed by atoms with Gasteiger partial charge in [-0.05, 0) is 38.5 Å². The molecule has 0 saturated carbocycles. The van der Waals surface area contributed by atoms with Gasteiger partial charge in [-0.2, -0.15) is 0 Å². The van der Waals surface area contributed by atoms with Gasteiger partial charge in [-0.3, -0.25) is 0 Å². The first-order valence-corrected chi connectivity index (χ1v) is 9.63. The first-order valence-electron chi connectivity index (χ1n) is 8.41. The number of para-hydroxylation sites is 1. The van der Waals surface area contributed by atoms with E-state index in [-0.39, 0.29) is 6.23 Å². The van der Waals surface area contributed by atoms with Crippen LogP contribution in [0.2, 0.25) is 0 Å². The van der Waals surface area contributed by atoms with Crippen LogP contribution in [0, 0.1) is 5.92 Å². The predicted molar refractivity (Wildman–Crippen MR) is 105 cm³/mol. The van der Waals surface area contributed by atoms with E-state index in [9.17, 15) is 0 Å². The number of allylic oxidation sites excluding steroid dienone is 2. The molecule has 0 amide bonds. The third kappa shape index (κ3) is 4.07. The average Bonchev–Trinajstić information content (AvgIpc) is 2.76. The largest absolute Gasteiger partial charge is 0.454 e. The van der Waals surface area contributed by atoms with E-state index < -0.39 is 0 Å². The summed E-state index contributed by atoms with van der Waals surface area (Å²) in [7, 11) is 0. The Morgan fingerprint density at radius 2 is 2.20 bits per heavy atom. The van der Waals surface area contributed by atoms with Gasteiger partial charge in [-0.25, -0.2) is 0 Å². The van der Waals surface area contributed by atoms with E-state index in [0.717, 1.165) is 30.5 Å². The quantitative estimate of drug-likeness (QED) is 0.583. The number of nitrogens with zero attached hydrogens (tertiary/aromatic N) is 2. The number of azo groups is 1. The molecule has 0 spiro atoms. The Kier molecular flexibility index (Phi) is 5.48. The lowest BCUT2D eigenvalue weighted by Gasteiger charge is -2.30. The van der Waals surface area contributed by atoms with Crippen LogP contribution in [0.4, 0.5) is 5.69 Å². The highest BCUT2D eigenvalue weighted by molar-refractivity contribution is 8.02. The molecule has 1 aromatic carbocycles. The zero-order valence-electron chi connectivity index (χ0n) is 14.7. The maximum atomic E-state index is 6.26. The second-order valence-corrected chi connectivity index (χ2v) is 7.20. The molecule has 1 heterocycles. The molecule has 5 nitrogen and oxygen atoms in total. The average molecular weight is 356 g/mol. The summed E-state index contributed by atoms with van der Waals surface area (Å²) in [5.41, 5.74) is 10.1. The van der Waals surface area contributed by atoms with Gasteiger partial charge in [-0.1, -0.05) is 36.4 Å². The molecule has 1 aromatic rings. The Hall–Kier alpha value is -2.21. The van der Waals surface area contributed by atoms with Crippen LogP contribution in [0.15, 0.2) is 63.6 Å². The standard InChI is InChI=1S/C19H24N4OS/c1-12-8-10-14(11-9-12)19-21-16-7-5-4-6-15(16)17(18(20)24-19)23-22-13(2)25-3/h4-8,14,19,21H,2,9-11,20H2,1,3H3/b23-22-. The molecule has 0 radical (unpaired) electrons. The number of anilines is 1. The maximum Gasteiger partial charge on any atom is 0.215 e. The minimum absolute atomic E-state index is 0.179. The molecular formula is C19H24N4OS. The Morgan fingerprint density at radius 3 is 2.92 bits per heavy atom. The van der Waals surface area contributed by atoms with Gasteiger partial charge in [0.2, 0.25) is 5.88 Å². The van der Waals surface area contributed by atoms with Gasteiger partial charge in [0.25, 0.3) is 0 Å². The fourth-order valence-corrected chi connectivity index (χ4v) is 3.17. The maximum absolute atomic E-state index is 6.26. The Labute approximate surface area is 153 Å². The van der Waals surface area contributed by atoms with Crippen molar-refractivity contribution in [3.63, 3.8) is 0 Å². The highest BCUT2D eigenvalue weighted by Crippen LogP contribution is 2.36. The Bertz CT molecular complexity index is 754. The smallest absolute Gasteiger partial charge is 0.215 e. The van der Waals surface area contributed by atoms with E-state index in [1.807, 2.05) is 30.5 Å². The van der Waals surface area contributed by atoms with Gasteiger partial charge < -0.3 is 15.8 Å². The third-order valence-electron chi connectivity index (χ3n) is 4.57. The SMILES string of the molecule is C=C(/N=N\C1=C(N)OC(C2CC=C(C)CC2)Nc2ccccc21)SC. The lowest BCUT2D eigenvalue weighted by molar-refractivity contribution is 0.0812. The number of hydrogen-bond donors (Lipinski definition) is 2. The first-order chi connectivity index (χ1) is 12.1. The number of nitrogens with two attached hydrogens (primary N) is 1. The van der Waals surface area contributed by atoms with E-state index in [1.165, 1.54) is 17.3 Å². The van der Waals surface area contributed by atoms with Crippen molar-refractivity contribution in [2.45, 2.75) is 32.4 Å². The highest BCUT2D eigenvalue weighted by atomic mass is 32.2. The van der Waals surface area contributed by atoms with E-state index in [4.69, 9.17) is 10.5 Å². The number of ether oxygens (including phenoxy) is 1. The number of rotatable bonds is 4. The molecule has 1 aliphatic heterocycles. The molecule has 0 fully saturated rings. The van der Waals surface area contributed by atoms with E-state index in [1.54, 1.807) is 0 Å². The summed E-state index contributed by atoms with van der Waals surface area (Å²) in [6.07, 6.45) is 7.18. The molecule has 3 rings (SSSR count). The summed E-state index contributed by atoms with van der Waals surface area (Å²) in [5, 5.41) is 12.6. The number of thioether (sulfide) groups is 1.